The van der Waals surface area contributed by atoms with Crippen molar-refractivity contribution in [3.63, 3.8) is 0 Å². The van der Waals surface area contributed by atoms with Gasteiger partial charge in [-0.05, 0) is 0 Å². The average molecular weight is 146 g/mol. The van der Waals surface area contributed by atoms with Gasteiger partial charge in [0, 0.05) is 13.0 Å². The summed E-state index contributed by atoms with van der Waals surface area (Å²) >= 11 is 0. The molecule has 0 saturated carbocycles. The van der Waals surface area contributed by atoms with Crippen molar-refractivity contribution in [3.05, 3.63) is 0 Å². The zero-order valence-corrected chi connectivity index (χ0v) is 7.01. The van der Waals surface area contributed by atoms with Crippen LogP contribution in [0.4, 0.5) is 0 Å². The number of rotatable bonds is 3. The molecule has 0 heterocycles. The Balaban J connectivity index is 3.93. The average Bonchev–Trinajstić information content (AvgIpc) is 1.88. The Morgan fingerprint density at radius 1 is 1.50 bits per heavy atom. The number of ether oxygens (including phenoxy) is 1. The van der Waals surface area contributed by atoms with Crippen molar-refractivity contribution >= 4 is 5.91 Å². The summed E-state index contributed by atoms with van der Waals surface area (Å²) in [7, 11) is 3.29. The first-order chi connectivity index (χ1) is 4.63. The second-order valence-electron chi connectivity index (χ2n) is 2.56. The fourth-order valence-electron chi connectivity index (χ4n) is 0.866. The lowest BCUT2D eigenvalue weighted by atomic mass is 10.1. The molecule has 0 bridgehead atoms. The van der Waals surface area contributed by atoms with Crippen LogP contribution in [0.25, 0.3) is 0 Å². The predicted octanol–water partition coefficient (Wildman–Crippen LogP) is -0.0852. The molecule has 0 aromatic rings. The van der Waals surface area contributed by atoms with Crippen molar-refractivity contribution < 1.29 is 9.53 Å². The van der Waals surface area contributed by atoms with Crippen molar-refractivity contribution in [2.75, 3.05) is 14.2 Å². The van der Waals surface area contributed by atoms with Crippen LogP contribution < -0.4 is 5.32 Å². The van der Waals surface area contributed by atoms with E-state index in [0.717, 1.165) is 0 Å². The zero-order chi connectivity index (χ0) is 8.15. The second-order valence-corrected chi connectivity index (χ2v) is 2.56. The Morgan fingerprint density at radius 3 is 2.10 bits per heavy atom. The highest BCUT2D eigenvalue weighted by Crippen LogP contribution is 2.02. The summed E-state index contributed by atoms with van der Waals surface area (Å²) in [5.41, 5.74) is 0. The first kappa shape index (κ1) is 9.43. The summed E-state index contributed by atoms with van der Waals surface area (Å²) in [5.74, 6) is 0.280. The highest BCUT2D eigenvalue weighted by atomic mass is 16.5. The van der Waals surface area contributed by atoms with Crippen LogP contribution in [0.3, 0.4) is 0 Å². The third-order valence-corrected chi connectivity index (χ3v) is 1.42. The van der Waals surface area contributed by atoms with E-state index in [1.165, 1.54) is 0 Å². The lowest BCUT2D eigenvalue weighted by Gasteiger charge is -2.12. The minimum Gasteiger partial charge on any atom is -0.426 e. The molecule has 2 N–H and O–H groups in total. The minimum atomic E-state index is -0.190. The smallest absolute Gasteiger partial charge is 0.299 e. The maximum Gasteiger partial charge on any atom is 0.299 e. The highest BCUT2D eigenvalue weighted by molar-refractivity contribution is 5.80. The normalized spacial score (nSPS) is 13.3. The Bertz CT molecular complexity index is 112. The van der Waals surface area contributed by atoms with Crippen molar-refractivity contribution in [3.8, 4) is 0 Å². The molecule has 0 aromatic heterocycles. The number of hydrogen-bond acceptors (Lipinski definition) is 1. The van der Waals surface area contributed by atoms with Crippen LogP contribution in [-0.2, 0) is 4.79 Å². The van der Waals surface area contributed by atoms with Crippen LogP contribution in [-0.4, -0.2) is 30.9 Å². The van der Waals surface area contributed by atoms with Crippen LogP contribution in [0.5, 0.6) is 0 Å². The van der Waals surface area contributed by atoms with E-state index >= 15 is 0 Å². The van der Waals surface area contributed by atoms with Crippen LogP contribution in [0, 0.1) is 5.92 Å². The molecule has 1 atom stereocenters. The molecule has 0 aliphatic heterocycles. The molecule has 0 rings (SSSR count). The molecular formula is C7H16NO2+. The van der Waals surface area contributed by atoms with E-state index in [-0.39, 0.29) is 17.9 Å². The van der Waals surface area contributed by atoms with Gasteiger partial charge < -0.3 is 10.1 Å². The molecule has 0 fully saturated rings. The summed E-state index contributed by atoms with van der Waals surface area (Å²) in [4.78, 5) is 11.0. The quantitative estimate of drug-likeness (QED) is 0.556. The maximum absolute atomic E-state index is 11.0. The summed E-state index contributed by atoms with van der Waals surface area (Å²) in [6.07, 6.45) is -0.190. The molecule has 0 spiro atoms. The lowest BCUT2D eigenvalue weighted by molar-refractivity contribution is -0.150. The molecule has 0 aliphatic rings. The maximum atomic E-state index is 11.0. The largest absolute Gasteiger partial charge is 0.426 e. The lowest BCUT2D eigenvalue weighted by Crippen LogP contribution is -2.38. The van der Waals surface area contributed by atoms with Crippen LogP contribution >= 0.6 is 0 Å². The monoisotopic (exact) mass is 146 g/mol. The van der Waals surface area contributed by atoms with Gasteiger partial charge in [-0.3, -0.25) is 4.79 Å². The summed E-state index contributed by atoms with van der Waals surface area (Å²) in [6.45, 7) is 3.96. The van der Waals surface area contributed by atoms with Crippen molar-refractivity contribution in [1.29, 1.82) is 0 Å². The molecular weight excluding hydrogens is 130 g/mol. The van der Waals surface area contributed by atoms with Crippen LogP contribution in [0.1, 0.15) is 13.8 Å². The van der Waals surface area contributed by atoms with Gasteiger partial charge in [0.15, 0.2) is 0 Å². The van der Waals surface area contributed by atoms with Gasteiger partial charge in [0.25, 0.3) is 5.91 Å². The Labute approximate surface area is 61.8 Å². The van der Waals surface area contributed by atoms with E-state index in [0.29, 0.717) is 0 Å². The van der Waals surface area contributed by atoms with E-state index < -0.39 is 0 Å². The van der Waals surface area contributed by atoms with E-state index in [1.54, 1.807) is 14.2 Å². The van der Waals surface area contributed by atoms with Gasteiger partial charge in [-0.15, -0.1) is 0 Å². The van der Waals surface area contributed by atoms with Crippen LogP contribution in [0.15, 0.2) is 0 Å². The van der Waals surface area contributed by atoms with E-state index in [1.807, 2.05) is 13.8 Å². The third kappa shape index (κ3) is 2.35. The van der Waals surface area contributed by atoms with Crippen molar-refractivity contribution in [2.24, 2.45) is 5.92 Å². The van der Waals surface area contributed by atoms with Gasteiger partial charge in [-0.2, -0.15) is 0 Å². The number of nitrogens with one attached hydrogen (secondary N) is 1. The number of carbonyl (C=O) groups is 1. The number of aliphatic hydroxyl groups is 2. The van der Waals surface area contributed by atoms with Gasteiger partial charge in [0.05, 0.1) is 0 Å². The van der Waals surface area contributed by atoms with Crippen molar-refractivity contribution in [2.45, 2.75) is 20.0 Å². The van der Waals surface area contributed by atoms with Gasteiger partial charge in [-0.25, -0.2) is 0 Å². The molecule has 0 saturated heterocycles. The molecule has 1 amide bonds. The zero-order valence-electron chi connectivity index (χ0n) is 7.01. The Kier molecular flexibility index (Phi) is 4.03. The van der Waals surface area contributed by atoms with E-state index in [2.05, 4.69) is 10.1 Å². The molecule has 0 aliphatic carbocycles. The van der Waals surface area contributed by atoms with Crippen LogP contribution in [0.2, 0.25) is 0 Å². The minimum absolute atomic E-state index is 0.00231. The standard InChI is InChI=1S/C7H15NO2/c1-5(2)6(10-4)7(9)8-3/h5-6H,1-4H3,(H,8,9)/p+1/t6-/m0/s1. The summed E-state index contributed by atoms with van der Waals surface area (Å²) in [6, 6.07) is 0. The van der Waals surface area contributed by atoms with E-state index in [9.17, 15) is 4.79 Å². The molecule has 3 nitrogen and oxygen atoms in total. The Hall–Kier alpha value is -0.570. The predicted molar refractivity (Wildman–Crippen MR) is 40.8 cm³/mol. The fourth-order valence-corrected chi connectivity index (χ4v) is 0.866. The number of hydrogen-bond donors (Lipinski definition) is 1. The molecule has 10 heavy (non-hydrogen) atoms. The van der Waals surface area contributed by atoms with Crippen molar-refractivity contribution in [1.82, 2.24) is 5.32 Å². The molecule has 0 radical (unpaired) electrons. The number of likely N-dealkylation sites (N-methyl/N-ethyl adjacent to an activating group) is 1. The highest BCUT2D eigenvalue weighted by Gasteiger charge is 2.24. The molecule has 0 unspecified atom stereocenters. The number of carbonyl (C=O) groups excluding carboxylic acids is 1. The summed E-state index contributed by atoms with van der Waals surface area (Å²) < 4.78 is 3.95. The summed E-state index contributed by atoms with van der Waals surface area (Å²) in [5, 5.41) is 2.56. The number of amides is 1. The van der Waals surface area contributed by atoms with Gasteiger partial charge in [-0.1, -0.05) is 13.8 Å². The topological polar surface area (TPSA) is 41.9 Å². The third-order valence-electron chi connectivity index (χ3n) is 1.42. The van der Waals surface area contributed by atoms with Gasteiger partial charge in [0.2, 0.25) is 6.10 Å². The van der Waals surface area contributed by atoms with Gasteiger partial charge in [0.1, 0.15) is 7.11 Å². The first-order valence-electron chi connectivity index (χ1n) is 3.44. The SMILES string of the molecule is CNC(=O)[C@@H]([OH+]C)C(C)C. The molecule has 3 heteroatoms. The molecule has 0 aromatic carbocycles. The first-order valence-corrected chi connectivity index (χ1v) is 3.44. The fraction of sp³-hybridized carbons (Fsp3) is 0.857. The Morgan fingerprint density at radius 2 is 2.00 bits per heavy atom. The second kappa shape index (κ2) is 4.28. The molecule has 60 valence electrons. The van der Waals surface area contributed by atoms with E-state index in [4.69, 9.17) is 0 Å². The van der Waals surface area contributed by atoms with Gasteiger partial charge >= 0.3 is 0 Å².